The second-order valence-corrected chi connectivity index (χ2v) is 9.78. The van der Waals surface area contributed by atoms with E-state index in [2.05, 4.69) is 37.8 Å². The number of ether oxygens (including phenoxy) is 2. The SMILES string of the molecule is C=CC(C)(Cn1c(Br)c(-c2ccc(C(=O)OC)cc2)c2c(N)ncnc21)NC(=O)OC(C)(C)C. The van der Waals surface area contributed by atoms with E-state index in [-0.39, 0.29) is 6.54 Å². The zero-order chi connectivity index (χ0) is 25.3. The molecule has 0 spiro atoms. The molecule has 0 aliphatic heterocycles. The molecule has 1 unspecified atom stereocenters. The number of amides is 1. The van der Waals surface area contributed by atoms with Crippen LogP contribution in [0.25, 0.3) is 22.2 Å². The van der Waals surface area contributed by atoms with Crippen LogP contribution in [0.3, 0.4) is 0 Å². The summed E-state index contributed by atoms with van der Waals surface area (Å²) in [7, 11) is 1.33. The average Bonchev–Trinajstić information content (AvgIpc) is 3.04. The van der Waals surface area contributed by atoms with E-state index in [1.807, 2.05) is 11.5 Å². The van der Waals surface area contributed by atoms with Crippen LogP contribution in [0.2, 0.25) is 0 Å². The molecule has 3 aromatic rings. The number of carbonyl (C=O) groups is 2. The topological polar surface area (TPSA) is 121 Å². The van der Waals surface area contributed by atoms with Gasteiger partial charge in [-0.05, 0) is 61.3 Å². The van der Waals surface area contributed by atoms with Gasteiger partial charge in [0.15, 0.2) is 0 Å². The smallest absolute Gasteiger partial charge is 0.408 e. The van der Waals surface area contributed by atoms with E-state index in [9.17, 15) is 9.59 Å². The van der Waals surface area contributed by atoms with Crippen LogP contribution in [0.5, 0.6) is 0 Å². The largest absolute Gasteiger partial charge is 0.465 e. The Morgan fingerprint density at radius 3 is 2.41 bits per heavy atom. The Kier molecular flexibility index (Phi) is 7.02. The Balaban J connectivity index is 2.08. The van der Waals surface area contributed by atoms with Crippen molar-refractivity contribution in [2.45, 2.75) is 45.4 Å². The van der Waals surface area contributed by atoms with Gasteiger partial charge in [0.05, 0.1) is 34.7 Å². The van der Waals surface area contributed by atoms with Crippen LogP contribution in [0.1, 0.15) is 38.1 Å². The van der Waals surface area contributed by atoms with Crippen molar-refractivity contribution in [3.8, 4) is 11.1 Å². The predicted molar refractivity (Wildman–Crippen MR) is 134 cm³/mol. The molecule has 1 amide bonds. The first-order valence-electron chi connectivity index (χ1n) is 10.5. The van der Waals surface area contributed by atoms with Gasteiger partial charge < -0.3 is 25.1 Å². The number of benzene rings is 1. The molecule has 1 atom stereocenters. The first-order chi connectivity index (χ1) is 15.9. The third-order valence-electron chi connectivity index (χ3n) is 5.12. The Labute approximate surface area is 206 Å². The van der Waals surface area contributed by atoms with Gasteiger partial charge in [-0.2, -0.15) is 0 Å². The summed E-state index contributed by atoms with van der Waals surface area (Å²) in [5.41, 5.74) is 7.30. The van der Waals surface area contributed by atoms with Gasteiger partial charge in [-0.25, -0.2) is 19.6 Å². The molecule has 10 heteroatoms. The fraction of sp³-hybridized carbons (Fsp3) is 0.333. The van der Waals surface area contributed by atoms with Gasteiger partial charge >= 0.3 is 12.1 Å². The lowest BCUT2D eigenvalue weighted by Crippen LogP contribution is -2.49. The third kappa shape index (κ3) is 5.22. The highest BCUT2D eigenvalue weighted by atomic mass is 79.9. The van der Waals surface area contributed by atoms with Gasteiger partial charge in [0, 0.05) is 5.56 Å². The van der Waals surface area contributed by atoms with E-state index in [4.69, 9.17) is 15.2 Å². The van der Waals surface area contributed by atoms with Gasteiger partial charge in [0.25, 0.3) is 0 Å². The van der Waals surface area contributed by atoms with Crippen molar-refractivity contribution < 1.29 is 19.1 Å². The van der Waals surface area contributed by atoms with Crippen LogP contribution in [0.15, 0.2) is 47.9 Å². The number of hydrogen-bond acceptors (Lipinski definition) is 7. The number of anilines is 1. The predicted octanol–water partition coefficient (Wildman–Crippen LogP) is 4.70. The molecule has 0 aliphatic carbocycles. The monoisotopic (exact) mass is 529 g/mol. The van der Waals surface area contributed by atoms with E-state index < -0.39 is 23.2 Å². The zero-order valence-corrected chi connectivity index (χ0v) is 21.4. The summed E-state index contributed by atoms with van der Waals surface area (Å²) in [6.07, 6.45) is 2.47. The highest BCUT2D eigenvalue weighted by molar-refractivity contribution is 9.10. The van der Waals surface area contributed by atoms with Crippen LogP contribution in [-0.4, -0.2) is 44.8 Å². The minimum atomic E-state index is -0.872. The summed E-state index contributed by atoms with van der Waals surface area (Å²) >= 11 is 3.69. The summed E-state index contributed by atoms with van der Waals surface area (Å²) in [5, 5.41) is 3.53. The first-order valence-corrected chi connectivity index (χ1v) is 11.3. The standard InChI is InChI=1S/C24H28BrN5O4/c1-7-24(5,29-22(32)34-23(2,3)4)12-30-18(25)16(17-19(26)27-13-28-20(17)30)14-8-10-15(11-9-14)21(31)33-6/h7-11,13H,1,12H2,2-6H3,(H,29,32)(H2,26,27,28). The summed E-state index contributed by atoms with van der Waals surface area (Å²) in [5.74, 6) is -0.122. The quantitative estimate of drug-likeness (QED) is 0.350. The van der Waals surface area contributed by atoms with Crippen molar-refractivity contribution in [1.29, 1.82) is 0 Å². The van der Waals surface area contributed by atoms with Crippen LogP contribution in [-0.2, 0) is 16.0 Å². The molecule has 0 saturated carbocycles. The first kappa shape index (κ1) is 25.2. The van der Waals surface area contributed by atoms with E-state index in [1.54, 1.807) is 51.1 Å². The van der Waals surface area contributed by atoms with Gasteiger partial charge in [-0.1, -0.05) is 18.2 Å². The number of nitrogen functional groups attached to an aromatic ring is 1. The molecule has 34 heavy (non-hydrogen) atoms. The molecule has 9 nitrogen and oxygen atoms in total. The maximum Gasteiger partial charge on any atom is 0.408 e. The van der Waals surface area contributed by atoms with Crippen molar-refractivity contribution in [2.24, 2.45) is 0 Å². The maximum atomic E-state index is 12.5. The van der Waals surface area contributed by atoms with E-state index in [1.165, 1.54) is 13.4 Å². The molecule has 0 aliphatic rings. The van der Waals surface area contributed by atoms with Crippen LogP contribution >= 0.6 is 15.9 Å². The number of rotatable bonds is 6. The number of esters is 1. The third-order valence-corrected chi connectivity index (χ3v) is 5.95. The molecule has 1 aromatic carbocycles. The van der Waals surface area contributed by atoms with Gasteiger partial charge in [0.1, 0.15) is 23.4 Å². The van der Waals surface area contributed by atoms with E-state index in [0.717, 1.165) is 11.1 Å². The number of methoxy groups -OCH3 is 1. The Hall–Kier alpha value is -3.40. The number of nitrogens with two attached hydrogens (primary N) is 1. The van der Waals surface area contributed by atoms with Crippen LogP contribution in [0.4, 0.5) is 10.6 Å². The molecular formula is C24H28BrN5O4. The molecule has 0 radical (unpaired) electrons. The fourth-order valence-corrected chi connectivity index (χ4v) is 4.20. The fourth-order valence-electron chi connectivity index (χ4n) is 3.48. The van der Waals surface area contributed by atoms with Gasteiger partial charge in [0.2, 0.25) is 0 Å². The summed E-state index contributed by atoms with van der Waals surface area (Å²) < 4.78 is 12.8. The van der Waals surface area contributed by atoms with Crippen molar-refractivity contribution in [3.63, 3.8) is 0 Å². The minimum Gasteiger partial charge on any atom is -0.465 e. The number of alkyl carbamates (subject to hydrolysis) is 1. The lowest BCUT2D eigenvalue weighted by molar-refractivity contribution is 0.0476. The minimum absolute atomic E-state index is 0.281. The summed E-state index contributed by atoms with van der Waals surface area (Å²) in [6.45, 7) is 11.4. The second kappa shape index (κ2) is 9.46. The highest BCUT2D eigenvalue weighted by Crippen LogP contribution is 2.40. The summed E-state index contributed by atoms with van der Waals surface area (Å²) in [6, 6.07) is 6.95. The highest BCUT2D eigenvalue weighted by Gasteiger charge is 2.30. The number of carbonyl (C=O) groups excluding carboxylic acids is 2. The van der Waals surface area contributed by atoms with Crippen LogP contribution < -0.4 is 11.1 Å². The normalized spacial score (nSPS) is 13.2. The molecule has 2 aromatic heterocycles. The number of fused-ring (bicyclic) bond motifs is 1. The molecule has 3 rings (SSSR count). The second-order valence-electron chi connectivity index (χ2n) is 9.03. The zero-order valence-electron chi connectivity index (χ0n) is 19.8. The number of nitrogens with one attached hydrogen (secondary N) is 1. The Bertz CT molecular complexity index is 1250. The number of hydrogen-bond donors (Lipinski definition) is 2. The van der Waals surface area contributed by atoms with Gasteiger partial charge in [-0.3, -0.25) is 0 Å². The molecule has 2 heterocycles. The molecule has 180 valence electrons. The molecule has 0 bridgehead atoms. The number of aromatic nitrogens is 3. The molecule has 3 N–H and O–H groups in total. The lowest BCUT2D eigenvalue weighted by Gasteiger charge is -2.30. The van der Waals surface area contributed by atoms with Crippen molar-refractivity contribution in [3.05, 3.63) is 53.4 Å². The molecule has 0 fully saturated rings. The number of halogens is 1. The molecule has 0 saturated heterocycles. The van der Waals surface area contributed by atoms with Crippen molar-refractivity contribution in [2.75, 3.05) is 12.8 Å². The van der Waals surface area contributed by atoms with Crippen molar-refractivity contribution in [1.82, 2.24) is 19.9 Å². The summed E-state index contributed by atoms with van der Waals surface area (Å²) in [4.78, 5) is 32.9. The van der Waals surface area contributed by atoms with Crippen LogP contribution in [0, 0.1) is 0 Å². The van der Waals surface area contributed by atoms with Gasteiger partial charge in [-0.15, -0.1) is 6.58 Å². The Morgan fingerprint density at radius 1 is 1.21 bits per heavy atom. The molecular weight excluding hydrogens is 502 g/mol. The average molecular weight is 530 g/mol. The van der Waals surface area contributed by atoms with E-state index in [0.29, 0.717) is 27.0 Å². The Morgan fingerprint density at radius 2 is 1.85 bits per heavy atom. The maximum absolute atomic E-state index is 12.5. The van der Waals surface area contributed by atoms with E-state index >= 15 is 0 Å². The lowest BCUT2D eigenvalue weighted by atomic mass is 10.0. The number of nitrogens with zero attached hydrogens (tertiary/aromatic N) is 3. The van der Waals surface area contributed by atoms with Crippen molar-refractivity contribution >= 4 is 44.8 Å².